The third-order valence-electron chi connectivity index (χ3n) is 2.50. The van der Waals surface area contributed by atoms with Gasteiger partial charge in [0.2, 0.25) is 5.78 Å². The van der Waals surface area contributed by atoms with Gasteiger partial charge < -0.3 is 5.73 Å². The lowest BCUT2D eigenvalue weighted by Gasteiger charge is -2.09. The van der Waals surface area contributed by atoms with Gasteiger partial charge in [0.05, 0.1) is 0 Å². The highest BCUT2D eigenvalue weighted by molar-refractivity contribution is 9.10. The molecular formula is C12H13BrN4O. The molecule has 1 heterocycles. The minimum Gasteiger partial charge on any atom is -0.399 e. The first kappa shape index (κ1) is 12.8. The van der Waals surface area contributed by atoms with Crippen LogP contribution in [0.3, 0.4) is 0 Å². The van der Waals surface area contributed by atoms with Crippen molar-refractivity contribution in [3.63, 3.8) is 0 Å². The van der Waals surface area contributed by atoms with Crippen LogP contribution in [0.5, 0.6) is 0 Å². The van der Waals surface area contributed by atoms with Gasteiger partial charge in [-0.25, -0.2) is 9.67 Å². The van der Waals surface area contributed by atoms with Crippen molar-refractivity contribution in [2.45, 2.75) is 19.9 Å². The summed E-state index contributed by atoms with van der Waals surface area (Å²) in [6, 6.07) is 5.18. The van der Waals surface area contributed by atoms with Gasteiger partial charge in [0.15, 0.2) is 5.82 Å². The SMILES string of the molecule is CC(C)n1ncnc1C(=O)c1cc(N)ccc1Br. The summed E-state index contributed by atoms with van der Waals surface area (Å²) in [5.74, 6) is 0.122. The summed E-state index contributed by atoms with van der Waals surface area (Å²) in [6.45, 7) is 3.89. The summed E-state index contributed by atoms with van der Waals surface area (Å²) in [5, 5.41) is 4.05. The zero-order valence-corrected chi connectivity index (χ0v) is 11.7. The van der Waals surface area contributed by atoms with Crippen LogP contribution in [0.25, 0.3) is 0 Å². The highest BCUT2D eigenvalue weighted by Gasteiger charge is 2.20. The minimum absolute atomic E-state index is 0.0753. The second kappa shape index (κ2) is 4.89. The first-order chi connectivity index (χ1) is 8.50. The molecule has 0 aliphatic heterocycles. The van der Waals surface area contributed by atoms with E-state index in [1.165, 1.54) is 6.33 Å². The predicted octanol–water partition coefficient (Wildman–Crippen LogP) is 2.43. The maximum Gasteiger partial charge on any atom is 0.231 e. The molecule has 94 valence electrons. The lowest BCUT2D eigenvalue weighted by molar-refractivity contribution is 0.102. The van der Waals surface area contributed by atoms with Crippen LogP contribution in [0.1, 0.15) is 36.1 Å². The number of hydrogen-bond donors (Lipinski definition) is 1. The highest BCUT2D eigenvalue weighted by Crippen LogP contribution is 2.22. The molecule has 0 radical (unpaired) electrons. The molecule has 0 unspecified atom stereocenters. The fraction of sp³-hybridized carbons (Fsp3) is 0.250. The van der Waals surface area contributed by atoms with Crippen LogP contribution >= 0.6 is 15.9 Å². The van der Waals surface area contributed by atoms with E-state index in [0.717, 1.165) is 0 Å². The lowest BCUT2D eigenvalue weighted by atomic mass is 10.1. The minimum atomic E-state index is -0.194. The smallest absolute Gasteiger partial charge is 0.231 e. The van der Waals surface area contributed by atoms with E-state index in [2.05, 4.69) is 26.0 Å². The molecule has 0 aliphatic rings. The number of nitrogens with two attached hydrogens (primary N) is 1. The van der Waals surface area contributed by atoms with Crippen LogP contribution in [0.15, 0.2) is 29.0 Å². The third kappa shape index (κ3) is 2.28. The van der Waals surface area contributed by atoms with E-state index in [1.807, 2.05) is 13.8 Å². The van der Waals surface area contributed by atoms with Crippen molar-refractivity contribution in [3.05, 3.63) is 40.4 Å². The van der Waals surface area contributed by atoms with Gasteiger partial charge in [-0.15, -0.1) is 0 Å². The first-order valence-electron chi connectivity index (χ1n) is 5.50. The number of nitrogen functional groups attached to an aromatic ring is 1. The zero-order valence-electron chi connectivity index (χ0n) is 10.1. The second-order valence-corrected chi connectivity index (χ2v) is 5.04. The Morgan fingerprint density at radius 1 is 1.44 bits per heavy atom. The quantitative estimate of drug-likeness (QED) is 0.698. The Morgan fingerprint density at radius 2 is 2.17 bits per heavy atom. The molecule has 0 fully saturated rings. The molecule has 0 atom stereocenters. The summed E-state index contributed by atoms with van der Waals surface area (Å²) in [4.78, 5) is 16.4. The number of benzene rings is 1. The van der Waals surface area contributed by atoms with Gasteiger partial charge in [-0.05, 0) is 32.0 Å². The fourth-order valence-corrected chi connectivity index (χ4v) is 2.05. The number of ketones is 1. The van der Waals surface area contributed by atoms with Crippen LogP contribution in [0.2, 0.25) is 0 Å². The van der Waals surface area contributed by atoms with Crippen LogP contribution in [-0.2, 0) is 0 Å². The van der Waals surface area contributed by atoms with Crippen LogP contribution in [0.4, 0.5) is 5.69 Å². The molecule has 18 heavy (non-hydrogen) atoms. The average Bonchev–Trinajstić information content (AvgIpc) is 2.80. The second-order valence-electron chi connectivity index (χ2n) is 4.19. The van der Waals surface area contributed by atoms with Crippen LogP contribution in [-0.4, -0.2) is 20.5 Å². The van der Waals surface area contributed by atoms with Crippen molar-refractivity contribution in [2.24, 2.45) is 0 Å². The molecule has 1 aromatic carbocycles. The summed E-state index contributed by atoms with van der Waals surface area (Å²) in [5.41, 5.74) is 6.73. The molecule has 1 aromatic heterocycles. The lowest BCUT2D eigenvalue weighted by Crippen LogP contribution is -2.15. The van der Waals surface area contributed by atoms with Gasteiger partial charge in [-0.2, -0.15) is 5.10 Å². The summed E-state index contributed by atoms with van der Waals surface area (Å²) in [7, 11) is 0. The monoisotopic (exact) mass is 308 g/mol. The molecule has 0 aliphatic carbocycles. The summed E-state index contributed by atoms with van der Waals surface area (Å²) < 4.78 is 2.29. The zero-order chi connectivity index (χ0) is 13.3. The van der Waals surface area contributed by atoms with Crippen molar-refractivity contribution in [3.8, 4) is 0 Å². The Kier molecular flexibility index (Phi) is 3.47. The van der Waals surface area contributed by atoms with Crippen molar-refractivity contribution < 1.29 is 4.79 Å². The van der Waals surface area contributed by atoms with E-state index in [-0.39, 0.29) is 11.8 Å². The molecule has 0 saturated heterocycles. The number of halogens is 1. The van der Waals surface area contributed by atoms with Crippen molar-refractivity contribution in [1.82, 2.24) is 14.8 Å². The van der Waals surface area contributed by atoms with Crippen LogP contribution < -0.4 is 5.73 Å². The molecule has 0 spiro atoms. The molecule has 2 N–H and O–H groups in total. The molecule has 0 bridgehead atoms. The molecule has 6 heteroatoms. The highest BCUT2D eigenvalue weighted by atomic mass is 79.9. The van der Waals surface area contributed by atoms with Crippen molar-refractivity contribution in [2.75, 3.05) is 5.73 Å². The first-order valence-corrected chi connectivity index (χ1v) is 6.29. The maximum atomic E-state index is 12.4. The maximum absolute atomic E-state index is 12.4. The fourth-order valence-electron chi connectivity index (χ4n) is 1.63. The normalized spacial score (nSPS) is 10.9. The van der Waals surface area contributed by atoms with Gasteiger partial charge in [0.1, 0.15) is 6.33 Å². The number of rotatable bonds is 3. The van der Waals surface area contributed by atoms with Crippen molar-refractivity contribution in [1.29, 1.82) is 0 Å². The number of hydrogen-bond acceptors (Lipinski definition) is 4. The molecule has 5 nitrogen and oxygen atoms in total. The van der Waals surface area contributed by atoms with Gasteiger partial charge >= 0.3 is 0 Å². The number of carbonyl (C=O) groups is 1. The number of carbonyl (C=O) groups excluding carboxylic acids is 1. The van der Waals surface area contributed by atoms with Gasteiger partial charge in [0, 0.05) is 21.8 Å². The van der Waals surface area contributed by atoms with Gasteiger partial charge in [-0.1, -0.05) is 15.9 Å². The standard InChI is InChI=1S/C12H13BrN4O/c1-7(2)17-12(15-6-16-17)11(18)9-5-8(14)3-4-10(9)13/h3-7H,14H2,1-2H3. The summed E-state index contributed by atoms with van der Waals surface area (Å²) >= 11 is 3.34. The number of nitrogens with zero attached hydrogens (tertiary/aromatic N) is 3. The Bertz CT molecular complexity index is 592. The molecular weight excluding hydrogens is 296 g/mol. The van der Waals surface area contributed by atoms with E-state index in [1.54, 1.807) is 22.9 Å². The Hall–Kier alpha value is -1.69. The third-order valence-corrected chi connectivity index (χ3v) is 3.19. The summed E-state index contributed by atoms with van der Waals surface area (Å²) in [6.07, 6.45) is 1.38. The van der Waals surface area contributed by atoms with E-state index in [4.69, 9.17) is 5.73 Å². The topological polar surface area (TPSA) is 73.8 Å². The van der Waals surface area contributed by atoms with Crippen molar-refractivity contribution >= 4 is 27.4 Å². The van der Waals surface area contributed by atoms with E-state index in [9.17, 15) is 4.79 Å². The van der Waals surface area contributed by atoms with Gasteiger partial charge in [0.25, 0.3) is 0 Å². The Balaban J connectivity index is 2.48. The molecule has 2 aromatic rings. The predicted molar refractivity (Wildman–Crippen MR) is 72.4 cm³/mol. The van der Waals surface area contributed by atoms with E-state index >= 15 is 0 Å². The molecule has 0 saturated carbocycles. The average molecular weight is 309 g/mol. The van der Waals surface area contributed by atoms with Gasteiger partial charge in [-0.3, -0.25) is 4.79 Å². The van der Waals surface area contributed by atoms with E-state index < -0.39 is 0 Å². The Morgan fingerprint density at radius 3 is 2.83 bits per heavy atom. The Labute approximate surface area is 113 Å². The van der Waals surface area contributed by atoms with Crippen LogP contribution in [0, 0.1) is 0 Å². The molecule has 2 rings (SSSR count). The number of aromatic nitrogens is 3. The number of anilines is 1. The van der Waals surface area contributed by atoms with E-state index in [0.29, 0.717) is 21.5 Å². The molecule has 0 amide bonds. The largest absolute Gasteiger partial charge is 0.399 e.